The van der Waals surface area contributed by atoms with Gasteiger partial charge in [0.1, 0.15) is 0 Å². The summed E-state index contributed by atoms with van der Waals surface area (Å²) in [7, 11) is -0.395. The molecule has 0 atom stereocenters. The summed E-state index contributed by atoms with van der Waals surface area (Å²) >= 11 is 0. The average molecular weight is 380 g/mol. The summed E-state index contributed by atoms with van der Waals surface area (Å²) in [4.78, 5) is 6.87. The molecule has 0 amide bonds. The number of fused-ring (bicyclic) bond motifs is 1. The van der Waals surface area contributed by atoms with Crippen molar-refractivity contribution in [2.24, 2.45) is 11.1 Å². The van der Waals surface area contributed by atoms with E-state index in [0.717, 1.165) is 41.8 Å². The first-order valence-corrected chi connectivity index (χ1v) is 9.91. The van der Waals surface area contributed by atoms with E-state index >= 15 is 0 Å². The van der Waals surface area contributed by atoms with Crippen molar-refractivity contribution >= 4 is 26.8 Å². The monoisotopic (exact) mass is 380 g/mol. The molecule has 1 aromatic carbocycles. The van der Waals surface area contributed by atoms with Crippen molar-refractivity contribution in [2.75, 3.05) is 38.8 Å². The minimum atomic E-state index is -3.62. The number of nitrogens with one attached hydrogen (secondary N) is 1. The molecule has 1 aliphatic heterocycles. The van der Waals surface area contributed by atoms with E-state index in [2.05, 4.69) is 20.7 Å². The molecule has 0 saturated carbocycles. The number of methoxy groups -OCH3 is 2. The van der Waals surface area contributed by atoms with Crippen LogP contribution in [-0.2, 0) is 10.2 Å². The first kappa shape index (κ1) is 18.7. The average Bonchev–Trinajstić information content (AvgIpc) is 2.54. The number of hydrogen-bond acceptors (Lipinski definition) is 6. The van der Waals surface area contributed by atoms with Gasteiger partial charge in [0.15, 0.2) is 11.5 Å². The van der Waals surface area contributed by atoms with Crippen molar-refractivity contribution in [1.29, 1.82) is 0 Å². The van der Waals surface area contributed by atoms with Gasteiger partial charge < -0.3 is 14.4 Å². The van der Waals surface area contributed by atoms with Gasteiger partial charge >= 0.3 is 0 Å². The highest BCUT2D eigenvalue weighted by molar-refractivity contribution is 7.87. The SMILES string of the molecule is COc1cc2nc(C)cc(N3CC(CCNS(N)(=O)=O)C3)c2cc1OC. The molecule has 3 rings (SSSR count). The lowest BCUT2D eigenvalue weighted by atomic mass is 9.94. The maximum absolute atomic E-state index is 10.9. The van der Waals surface area contributed by atoms with Crippen molar-refractivity contribution in [3.63, 3.8) is 0 Å². The van der Waals surface area contributed by atoms with E-state index in [4.69, 9.17) is 14.6 Å². The molecule has 1 aromatic heterocycles. The van der Waals surface area contributed by atoms with Crippen LogP contribution in [0, 0.1) is 12.8 Å². The minimum absolute atomic E-state index is 0.360. The zero-order chi connectivity index (χ0) is 18.9. The Balaban J connectivity index is 1.78. The normalized spacial score (nSPS) is 15.2. The Hall–Kier alpha value is -2.10. The predicted molar refractivity (Wildman–Crippen MR) is 101 cm³/mol. The van der Waals surface area contributed by atoms with Gasteiger partial charge in [0, 0.05) is 42.5 Å². The van der Waals surface area contributed by atoms with Gasteiger partial charge in [0.2, 0.25) is 0 Å². The molecular formula is C17H24N4O4S. The van der Waals surface area contributed by atoms with E-state index in [1.165, 1.54) is 0 Å². The number of benzene rings is 1. The van der Waals surface area contributed by atoms with Crippen molar-refractivity contribution in [3.8, 4) is 11.5 Å². The third-order valence-corrected chi connectivity index (χ3v) is 5.18. The van der Waals surface area contributed by atoms with Gasteiger partial charge in [0.05, 0.1) is 19.7 Å². The number of aromatic nitrogens is 1. The van der Waals surface area contributed by atoms with Crippen LogP contribution in [0.5, 0.6) is 11.5 Å². The Kier molecular flexibility index (Phi) is 5.22. The number of hydrogen-bond donors (Lipinski definition) is 2. The van der Waals surface area contributed by atoms with Gasteiger partial charge in [-0.05, 0) is 31.4 Å². The second-order valence-corrected chi connectivity index (χ2v) is 7.88. The Labute approximate surface area is 153 Å². The minimum Gasteiger partial charge on any atom is -0.493 e. The molecular weight excluding hydrogens is 356 g/mol. The van der Waals surface area contributed by atoms with Crippen LogP contribution < -0.4 is 24.2 Å². The molecule has 142 valence electrons. The fraction of sp³-hybridized carbons (Fsp3) is 0.471. The van der Waals surface area contributed by atoms with Gasteiger partial charge in [-0.2, -0.15) is 8.42 Å². The van der Waals surface area contributed by atoms with Gasteiger partial charge in [-0.1, -0.05) is 0 Å². The molecule has 1 aliphatic rings. The van der Waals surface area contributed by atoms with E-state index in [0.29, 0.717) is 24.0 Å². The molecule has 1 fully saturated rings. The molecule has 0 radical (unpaired) electrons. The molecule has 2 heterocycles. The molecule has 2 aromatic rings. The third kappa shape index (κ3) is 4.00. The molecule has 26 heavy (non-hydrogen) atoms. The molecule has 3 N–H and O–H groups in total. The van der Waals surface area contributed by atoms with Crippen LogP contribution in [0.25, 0.3) is 10.9 Å². The van der Waals surface area contributed by atoms with Crippen molar-refractivity contribution in [3.05, 3.63) is 23.9 Å². The smallest absolute Gasteiger partial charge is 0.274 e. The predicted octanol–water partition coefficient (Wildman–Crippen LogP) is 1.18. The van der Waals surface area contributed by atoms with E-state index in [9.17, 15) is 8.42 Å². The molecule has 0 bridgehead atoms. The van der Waals surface area contributed by atoms with Crippen LogP contribution in [0.4, 0.5) is 5.69 Å². The van der Waals surface area contributed by atoms with Crippen molar-refractivity contribution in [2.45, 2.75) is 13.3 Å². The quantitative estimate of drug-likeness (QED) is 0.747. The Morgan fingerprint density at radius 3 is 2.50 bits per heavy atom. The first-order chi connectivity index (χ1) is 12.3. The van der Waals surface area contributed by atoms with Crippen molar-refractivity contribution in [1.82, 2.24) is 9.71 Å². The molecule has 0 aliphatic carbocycles. The van der Waals surface area contributed by atoms with E-state index in [1.807, 2.05) is 19.1 Å². The van der Waals surface area contributed by atoms with Crippen LogP contribution >= 0.6 is 0 Å². The van der Waals surface area contributed by atoms with Crippen molar-refractivity contribution < 1.29 is 17.9 Å². The third-order valence-electron chi connectivity index (χ3n) is 4.57. The Morgan fingerprint density at radius 1 is 1.23 bits per heavy atom. The summed E-state index contributed by atoms with van der Waals surface area (Å²) in [5, 5.41) is 5.96. The molecule has 0 spiro atoms. The lowest BCUT2D eigenvalue weighted by molar-refractivity contribution is 0.355. The van der Waals surface area contributed by atoms with E-state index in [-0.39, 0.29) is 0 Å². The molecule has 8 nitrogen and oxygen atoms in total. The summed E-state index contributed by atoms with van der Waals surface area (Å²) in [5.74, 6) is 1.74. The Bertz CT molecular complexity index is 911. The highest BCUT2D eigenvalue weighted by Crippen LogP contribution is 2.38. The van der Waals surface area contributed by atoms with Crippen LogP contribution in [0.1, 0.15) is 12.1 Å². The molecule has 0 unspecified atom stereocenters. The summed E-state index contributed by atoms with van der Waals surface area (Å²) in [5.41, 5.74) is 2.89. The lowest BCUT2D eigenvalue weighted by Crippen LogP contribution is -2.48. The summed E-state index contributed by atoms with van der Waals surface area (Å²) in [6.07, 6.45) is 0.756. The second-order valence-electron chi connectivity index (χ2n) is 6.51. The zero-order valence-electron chi connectivity index (χ0n) is 15.2. The molecule has 9 heteroatoms. The van der Waals surface area contributed by atoms with E-state index in [1.54, 1.807) is 14.2 Å². The highest BCUT2D eigenvalue weighted by Gasteiger charge is 2.28. The van der Waals surface area contributed by atoms with Gasteiger partial charge in [-0.15, -0.1) is 0 Å². The van der Waals surface area contributed by atoms with Crippen LogP contribution in [-0.4, -0.2) is 47.3 Å². The number of pyridine rings is 1. The fourth-order valence-corrected chi connectivity index (χ4v) is 3.68. The number of anilines is 1. The maximum atomic E-state index is 10.9. The van der Waals surface area contributed by atoms with Crippen LogP contribution in [0.3, 0.4) is 0 Å². The maximum Gasteiger partial charge on any atom is 0.274 e. The molecule has 1 saturated heterocycles. The lowest BCUT2D eigenvalue weighted by Gasteiger charge is -2.42. The van der Waals surface area contributed by atoms with Crippen LogP contribution in [0.2, 0.25) is 0 Å². The van der Waals surface area contributed by atoms with Gasteiger partial charge in [-0.25, -0.2) is 9.86 Å². The number of rotatable bonds is 7. The first-order valence-electron chi connectivity index (χ1n) is 8.36. The van der Waals surface area contributed by atoms with Crippen LogP contribution in [0.15, 0.2) is 18.2 Å². The summed E-state index contributed by atoms with van der Waals surface area (Å²) < 4.78 is 35.0. The zero-order valence-corrected chi connectivity index (χ0v) is 16.0. The standard InChI is InChI=1S/C17H24N4O4S/c1-11-6-15(21-9-12(10-21)4-5-19-26(18,22)23)13-7-16(24-2)17(25-3)8-14(13)20-11/h6-8,12,19H,4-5,9-10H2,1-3H3,(H2,18,22,23). The second kappa shape index (κ2) is 7.26. The summed E-state index contributed by atoms with van der Waals surface area (Å²) in [6.45, 7) is 4.05. The summed E-state index contributed by atoms with van der Waals surface area (Å²) in [6, 6.07) is 5.90. The Morgan fingerprint density at radius 2 is 1.88 bits per heavy atom. The van der Waals surface area contributed by atoms with Gasteiger partial charge in [0.25, 0.3) is 10.2 Å². The number of ether oxygens (including phenoxy) is 2. The van der Waals surface area contributed by atoms with Gasteiger partial charge in [-0.3, -0.25) is 4.98 Å². The number of nitrogens with zero attached hydrogens (tertiary/aromatic N) is 2. The number of aryl methyl sites for hydroxylation is 1. The highest BCUT2D eigenvalue weighted by atomic mass is 32.2. The fourth-order valence-electron chi connectivity index (χ4n) is 3.28. The topological polar surface area (TPSA) is 107 Å². The number of nitrogens with two attached hydrogens (primary N) is 1. The largest absolute Gasteiger partial charge is 0.493 e. The van der Waals surface area contributed by atoms with E-state index < -0.39 is 10.2 Å².